The van der Waals surface area contributed by atoms with E-state index in [1.165, 1.54) is 11.9 Å². The highest BCUT2D eigenvalue weighted by Gasteiger charge is 2.45. The zero-order valence-corrected chi connectivity index (χ0v) is 14.7. The topological polar surface area (TPSA) is 75.4 Å². The summed E-state index contributed by atoms with van der Waals surface area (Å²) in [5, 5.41) is 3.00. The van der Waals surface area contributed by atoms with Crippen LogP contribution in [0.1, 0.15) is 44.5 Å². The Morgan fingerprint density at radius 3 is 2.52 bits per heavy atom. The third-order valence-corrected chi connectivity index (χ3v) is 5.22. The van der Waals surface area contributed by atoms with Gasteiger partial charge in [-0.25, -0.2) is 4.31 Å². The third kappa shape index (κ3) is 3.95. The maximum absolute atomic E-state index is 12.3. The number of nitrogens with one attached hydrogen (secondary N) is 1. The molecule has 124 valence electrons. The fraction of sp³-hybridized carbons (Fsp3) is 0.412. The van der Waals surface area contributed by atoms with Gasteiger partial charge in [0.1, 0.15) is 6.04 Å². The molecule has 0 aliphatic carbocycles. The summed E-state index contributed by atoms with van der Waals surface area (Å²) in [5.74, 6) is 0.0197. The van der Waals surface area contributed by atoms with E-state index in [2.05, 4.69) is 5.32 Å². The highest BCUT2D eigenvalue weighted by Crippen LogP contribution is 2.36. The monoisotopic (exact) mass is 333 g/mol. The standard InChI is InChI=1S/C17H23N3O2S/c1-5-13(18)10-15-16(22)19-17(3,4)20(15)23-14-8-6-12(7-9-14)11(2)21/h5-9,15H,10,18H2,1-4H3,(H,19,22)/b13-5-. The smallest absolute Gasteiger partial charge is 0.240 e. The number of rotatable bonds is 5. The van der Waals surface area contributed by atoms with Crippen molar-refractivity contribution < 1.29 is 9.59 Å². The molecular weight excluding hydrogens is 310 g/mol. The van der Waals surface area contributed by atoms with Crippen molar-refractivity contribution in [1.29, 1.82) is 0 Å². The van der Waals surface area contributed by atoms with Crippen molar-refractivity contribution in [2.45, 2.75) is 50.7 Å². The normalized spacial score (nSPS) is 21.3. The number of hydrogen-bond acceptors (Lipinski definition) is 5. The van der Waals surface area contributed by atoms with Gasteiger partial charge in [-0.3, -0.25) is 9.59 Å². The number of hydrogen-bond donors (Lipinski definition) is 2. The number of nitrogens with two attached hydrogens (primary N) is 1. The molecule has 6 heteroatoms. The van der Waals surface area contributed by atoms with Crippen LogP contribution in [0.3, 0.4) is 0 Å². The molecule has 3 N–H and O–H groups in total. The maximum atomic E-state index is 12.3. The van der Waals surface area contributed by atoms with Crippen molar-refractivity contribution in [3.05, 3.63) is 41.6 Å². The minimum atomic E-state index is -0.473. The molecule has 5 nitrogen and oxygen atoms in total. The fourth-order valence-electron chi connectivity index (χ4n) is 2.49. The Labute approximate surface area is 141 Å². The fourth-order valence-corrected chi connectivity index (χ4v) is 3.55. The van der Waals surface area contributed by atoms with E-state index in [0.717, 1.165) is 4.90 Å². The number of allylic oxidation sites excluding steroid dienone is 1. The Morgan fingerprint density at radius 2 is 2.00 bits per heavy atom. The molecule has 1 aromatic carbocycles. The van der Waals surface area contributed by atoms with E-state index in [-0.39, 0.29) is 17.7 Å². The largest absolute Gasteiger partial charge is 0.402 e. The van der Waals surface area contributed by atoms with Gasteiger partial charge in [-0.1, -0.05) is 18.2 Å². The van der Waals surface area contributed by atoms with Crippen LogP contribution < -0.4 is 11.1 Å². The third-order valence-electron chi connectivity index (χ3n) is 3.83. The predicted molar refractivity (Wildman–Crippen MR) is 92.7 cm³/mol. The van der Waals surface area contributed by atoms with Crippen LogP contribution in [-0.2, 0) is 4.79 Å². The highest BCUT2D eigenvalue weighted by molar-refractivity contribution is 7.97. The summed E-state index contributed by atoms with van der Waals surface area (Å²) in [5.41, 5.74) is 6.82. The van der Waals surface area contributed by atoms with Gasteiger partial charge in [0.15, 0.2) is 5.78 Å². The lowest BCUT2D eigenvalue weighted by atomic mass is 10.1. The minimum absolute atomic E-state index is 0.0207. The van der Waals surface area contributed by atoms with Crippen LogP contribution in [-0.4, -0.2) is 27.7 Å². The van der Waals surface area contributed by atoms with E-state index in [1.807, 2.05) is 43.3 Å². The molecule has 1 heterocycles. The first-order valence-corrected chi connectivity index (χ1v) is 8.33. The van der Waals surface area contributed by atoms with Crippen molar-refractivity contribution in [2.75, 3.05) is 0 Å². The van der Waals surface area contributed by atoms with Crippen LogP contribution in [0.4, 0.5) is 0 Å². The van der Waals surface area contributed by atoms with Crippen molar-refractivity contribution in [1.82, 2.24) is 9.62 Å². The van der Waals surface area contributed by atoms with Crippen LogP contribution in [0, 0.1) is 0 Å². The zero-order valence-electron chi connectivity index (χ0n) is 13.9. The molecule has 1 amide bonds. The lowest BCUT2D eigenvalue weighted by Gasteiger charge is -2.32. The number of amides is 1. The average molecular weight is 333 g/mol. The van der Waals surface area contributed by atoms with Crippen molar-refractivity contribution in [3.63, 3.8) is 0 Å². The Bertz CT molecular complexity index is 638. The highest BCUT2D eigenvalue weighted by atomic mass is 32.2. The summed E-state index contributed by atoms with van der Waals surface area (Å²) in [6.07, 6.45) is 2.31. The van der Waals surface area contributed by atoms with Gasteiger partial charge in [0.25, 0.3) is 0 Å². The maximum Gasteiger partial charge on any atom is 0.240 e. The average Bonchev–Trinajstić information content (AvgIpc) is 2.69. The van der Waals surface area contributed by atoms with Gasteiger partial charge in [0.2, 0.25) is 5.91 Å². The molecule has 1 aromatic rings. The molecule has 0 saturated carbocycles. The van der Waals surface area contributed by atoms with Crippen LogP contribution in [0.25, 0.3) is 0 Å². The second-order valence-corrected chi connectivity index (χ2v) is 7.18. The van der Waals surface area contributed by atoms with E-state index < -0.39 is 5.66 Å². The Kier molecular flexibility index (Phi) is 5.16. The van der Waals surface area contributed by atoms with Gasteiger partial charge >= 0.3 is 0 Å². The molecule has 0 bridgehead atoms. The summed E-state index contributed by atoms with van der Waals surface area (Å²) in [7, 11) is 0. The second-order valence-electron chi connectivity index (χ2n) is 6.13. The van der Waals surface area contributed by atoms with Crippen LogP contribution >= 0.6 is 11.9 Å². The van der Waals surface area contributed by atoms with Crippen molar-refractivity contribution in [3.8, 4) is 0 Å². The molecule has 1 saturated heterocycles. The second kappa shape index (κ2) is 6.76. The molecule has 0 radical (unpaired) electrons. The number of carbonyl (C=O) groups is 2. The molecule has 1 unspecified atom stereocenters. The first-order chi connectivity index (χ1) is 10.7. The number of ketones is 1. The molecule has 1 atom stereocenters. The molecule has 1 aliphatic rings. The molecule has 1 aliphatic heterocycles. The number of nitrogens with zero attached hydrogens (tertiary/aromatic N) is 1. The Balaban J connectivity index is 2.22. The van der Waals surface area contributed by atoms with Crippen molar-refractivity contribution >= 4 is 23.6 Å². The SMILES string of the molecule is C/C=C(\N)CC1C(=O)NC(C)(C)N1Sc1ccc(C(C)=O)cc1. The Hall–Kier alpha value is -1.79. The molecule has 23 heavy (non-hydrogen) atoms. The molecule has 2 rings (SSSR count). The number of Topliss-reactive ketones (excluding diaryl/α,β-unsaturated/α-hetero) is 1. The molecule has 0 aromatic heterocycles. The van der Waals surface area contributed by atoms with E-state index in [0.29, 0.717) is 17.7 Å². The van der Waals surface area contributed by atoms with E-state index in [1.54, 1.807) is 19.1 Å². The van der Waals surface area contributed by atoms with Crippen LogP contribution in [0.2, 0.25) is 0 Å². The van der Waals surface area contributed by atoms with E-state index in [9.17, 15) is 9.59 Å². The first-order valence-electron chi connectivity index (χ1n) is 7.55. The number of benzene rings is 1. The molecule has 0 spiro atoms. The van der Waals surface area contributed by atoms with Crippen LogP contribution in [0.15, 0.2) is 40.9 Å². The van der Waals surface area contributed by atoms with Gasteiger partial charge in [-0.2, -0.15) is 0 Å². The Morgan fingerprint density at radius 1 is 1.39 bits per heavy atom. The van der Waals surface area contributed by atoms with E-state index >= 15 is 0 Å². The lowest BCUT2D eigenvalue weighted by molar-refractivity contribution is -0.121. The minimum Gasteiger partial charge on any atom is -0.402 e. The number of carbonyl (C=O) groups excluding carboxylic acids is 2. The van der Waals surface area contributed by atoms with Gasteiger partial charge < -0.3 is 11.1 Å². The first kappa shape index (κ1) is 17.6. The summed E-state index contributed by atoms with van der Waals surface area (Å²) in [6.45, 7) is 7.34. The lowest BCUT2D eigenvalue weighted by Crippen LogP contribution is -2.44. The quantitative estimate of drug-likeness (QED) is 0.640. The van der Waals surface area contributed by atoms with Gasteiger partial charge in [-0.15, -0.1) is 0 Å². The zero-order chi connectivity index (χ0) is 17.2. The van der Waals surface area contributed by atoms with Gasteiger partial charge in [-0.05, 0) is 51.8 Å². The van der Waals surface area contributed by atoms with Crippen LogP contribution in [0.5, 0.6) is 0 Å². The summed E-state index contributed by atoms with van der Waals surface area (Å²) in [6, 6.07) is 7.09. The van der Waals surface area contributed by atoms with E-state index in [4.69, 9.17) is 5.73 Å². The molecular formula is C17H23N3O2S. The predicted octanol–water partition coefficient (Wildman–Crippen LogP) is 2.69. The summed E-state index contributed by atoms with van der Waals surface area (Å²) < 4.78 is 2.04. The van der Waals surface area contributed by atoms with Gasteiger partial charge in [0.05, 0.1) is 5.66 Å². The molecule has 1 fully saturated rings. The summed E-state index contributed by atoms with van der Waals surface area (Å²) in [4.78, 5) is 24.6. The van der Waals surface area contributed by atoms with Gasteiger partial charge in [0, 0.05) is 22.6 Å². The summed E-state index contributed by atoms with van der Waals surface area (Å²) >= 11 is 1.50. The van der Waals surface area contributed by atoms with Crippen molar-refractivity contribution in [2.24, 2.45) is 5.73 Å².